The Balaban J connectivity index is 0.829. The monoisotopic (exact) mass is 900 g/mol. The number of nitriles is 1. The number of likely N-dealkylation sites (tertiary alicyclic amines) is 1. The number of fused-ring (bicyclic) bond motifs is 1. The van der Waals surface area contributed by atoms with Gasteiger partial charge in [-0.25, -0.2) is 18.9 Å². The van der Waals surface area contributed by atoms with E-state index in [1.165, 1.54) is 37.7 Å². The zero-order chi connectivity index (χ0) is 44.9. The van der Waals surface area contributed by atoms with Gasteiger partial charge < -0.3 is 24.4 Å². The van der Waals surface area contributed by atoms with Crippen molar-refractivity contribution >= 4 is 38.6 Å². The summed E-state index contributed by atoms with van der Waals surface area (Å²) in [4.78, 5) is 44.8. The van der Waals surface area contributed by atoms with Gasteiger partial charge >= 0.3 is 0 Å². The highest BCUT2D eigenvalue weighted by molar-refractivity contribution is 7.86. The lowest BCUT2D eigenvalue weighted by Gasteiger charge is -2.44. The number of benzene rings is 3. The second kappa shape index (κ2) is 17.6. The van der Waals surface area contributed by atoms with E-state index in [9.17, 15) is 28.1 Å². The molecule has 4 saturated heterocycles. The second-order valence-corrected chi connectivity index (χ2v) is 19.1. The first kappa shape index (κ1) is 43.9. The molecule has 3 unspecified atom stereocenters. The van der Waals surface area contributed by atoms with Gasteiger partial charge in [0.15, 0.2) is 11.6 Å². The zero-order valence-corrected chi connectivity index (χ0v) is 36.1. The van der Waals surface area contributed by atoms with Gasteiger partial charge in [-0.15, -0.1) is 0 Å². The summed E-state index contributed by atoms with van der Waals surface area (Å²) in [6.45, 7) is 2.08. The Labute approximate surface area is 368 Å². The third-order valence-electron chi connectivity index (χ3n) is 14.0. The molecule has 64 heavy (non-hydrogen) atoms. The van der Waals surface area contributed by atoms with Crippen molar-refractivity contribution in [1.82, 2.24) is 24.1 Å². The average Bonchev–Trinajstić information content (AvgIpc) is 3.91. The van der Waals surface area contributed by atoms with Crippen LogP contribution in [0.5, 0.6) is 11.5 Å². The minimum Gasteiger partial charge on any atom is -0.453 e. The maximum atomic E-state index is 15.5. The van der Waals surface area contributed by atoms with E-state index in [1.807, 2.05) is 18.2 Å². The van der Waals surface area contributed by atoms with Crippen molar-refractivity contribution in [2.45, 2.75) is 106 Å². The van der Waals surface area contributed by atoms with Crippen LogP contribution in [0.25, 0.3) is 10.9 Å². The predicted molar refractivity (Wildman–Crippen MR) is 229 cm³/mol. The van der Waals surface area contributed by atoms with Crippen molar-refractivity contribution in [3.05, 3.63) is 93.5 Å². The molecule has 4 atom stereocenters. The number of piperidine rings is 2. The van der Waals surface area contributed by atoms with Gasteiger partial charge in [0.25, 0.3) is 15.8 Å². The Morgan fingerprint density at radius 1 is 0.953 bits per heavy atom. The van der Waals surface area contributed by atoms with Crippen LogP contribution in [0, 0.1) is 23.0 Å². The summed E-state index contributed by atoms with van der Waals surface area (Å²) >= 11 is 0. The normalized spacial score (nSPS) is 26.5. The van der Waals surface area contributed by atoms with Gasteiger partial charge in [0, 0.05) is 44.9 Å². The van der Waals surface area contributed by atoms with E-state index < -0.39 is 45.9 Å². The number of amides is 2. The van der Waals surface area contributed by atoms with Crippen molar-refractivity contribution in [3.63, 3.8) is 0 Å². The smallest absolute Gasteiger partial charge is 0.277 e. The molecule has 5 aliphatic rings. The van der Waals surface area contributed by atoms with E-state index >= 15 is 8.78 Å². The predicted octanol–water partition coefficient (Wildman–Crippen LogP) is 5.04. The molecule has 4 aromatic rings. The number of anilines is 1. The van der Waals surface area contributed by atoms with E-state index in [4.69, 9.17) is 19.3 Å². The molecule has 9 rings (SSSR count). The molecule has 4 N–H and O–H groups in total. The fourth-order valence-electron chi connectivity index (χ4n) is 10.6. The summed E-state index contributed by atoms with van der Waals surface area (Å²) in [7, 11) is -2.77. The topological polar surface area (TPSA) is 211 Å². The molecule has 1 saturated carbocycles. The fourth-order valence-corrected chi connectivity index (χ4v) is 11.5. The average molecular weight is 901 g/mol. The lowest BCUT2D eigenvalue weighted by Crippen LogP contribution is -2.49. The Kier molecular flexibility index (Phi) is 12.0. The van der Waals surface area contributed by atoms with Crippen molar-refractivity contribution in [3.8, 4) is 17.6 Å². The third-order valence-corrected chi connectivity index (χ3v) is 15.1. The fraction of sp³-hybridized carbons (Fsp3) is 0.489. The number of halogens is 2. The number of nitrogens with two attached hydrogens (primary N) is 1. The number of carbonyl (C=O) groups excluding carboxylic acids is 2. The first-order valence-corrected chi connectivity index (χ1v) is 23.3. The number of methoxy groups -OCH3 is 1. The number of ether oxygens (including phenoxy) is 3. The van der Waals surface area contributed by atoms with Crippen molar-refractivity contribution < 1.29 is 41.0 Å². The van der Waals surface area contributed by atoms with Crippen LogP contribution in [0.3, 0.4) is 0 Å². The molecular formula is C45H50F2N8O8S. The summed E-state index contributed by atoms with van der Waals surface area (Å²) < 4.78 is 76.4. The maximum absolute atomic E-state index is 15.5. The van der Waals surface area contributed by atoms with E-state index in [2.05, 4.69) is 20.5 Å². The molecule has 3 aromatic carbocycles. The first-order valence-electron chi connectivity index (χ1n) is 21.8. The quantitative estimate of drug-likeness (QED) is 0.179. The lowest BCUT2D eigenvalue weighted by atomic mass is 9.79. The summed E-state index contributed by atoms with van der Waals surface area (Å²) in [5, 5.41) is 21.3. The number of aromatic nitrogens is 2. The molecular weight excluding hydrogens is 851 g/mol. The van der Waals surface area contributed by atoms with Crippen LogP contribution in [0.4, 0.5) is 14.5 Å². The minimum absolute atomic E-state index is 0.0523. The van der Waals surface area contributed by atoms with Crippen LogP contribution in [0.15, 0.2) is 59.7 Å². The van der Waals surface area contributed by atoms with Crippen LogP contribution in [0.1, 0.15) is 98.9 Å². The highest BCUT2D eigenvalue weighted by Gasteiger charge is 2.46. The largest absolute Gasteiger partial charge is 0.453 e. The molecule has 16 nitrogen and oxygen atoms in total. The molecule has 19 heteroatoms. The highest BCUT2D eigenvalue weighted by atomic mass is 32.2. The number of nitrogens with zero attached hydrogens (tertiary/aromatic N) is 5. The van der Waals surface area contributed by atoms with Gasteiger partial charge in [-0.1, -0.05) is 12.1 Å². The Morgan fingerprint density at radius 3 is 2.42 bits per heavy atom. The van der Waals surface area contributed by atoms with Gasteiger partial charge in [-0.05, 0) is 111 Å². The number of nitrogens with one attached hydrogen (secondary N) is 2. The molecule has 1 aromatic heterocycles. The zero-order valence-electron chi connectivity index (χ0n) is 35.3. The van der Waals surface area contributed by atoms with Gasteiger partial charge in [0.1, 0.15) is 29.2 Å². The van der Waals surface area contributed by atoms with Gasteiger partial charge in [0.2, 0.25) is 11.8 Å². The molecule has 338 valence electrons. The third kappa shape index (κ3) is 8.50. The van der Waals surface area contributed by atoms with Crippen LogP contribution < -0.4 is 26.1 Å². The Morgan fingerprint density at radius 2 is 1.72 bits per heavy atom. The number of carbonyl (C=O) groups is 2. The molecule has 2 amide bonds. The van der Waals surface area contributed by atoms with Crippen molar-refractivity contribution in [2.24, 2.45) is 5.14 Å². The molecule has 0 radical (unpaired) electrons. The minimum atomic E-state index is -4.19. The van der Waals surface area contributed by atoms with Crippen LogP contribution in [-0.4, -0.2) is 96.1 Å². The van der Waals surface area contributed by atoms with E-state index in [0.717, 1.165) is 62.0 Å². The van der Waals surface area contributed by atoms with Crippen molar-refractivity contribution in [2.75, 3.05) is 38.7 Å². The van der Waals surface area contributed by atoms with Crippen molar-refractivity contribution in [1.29, 1.82) is 5.26 Å². The van der Waals surface area contributed by atoms with Crippen LogP contribution in [-0.2, 0) is 29.3 Å². The van der Waals surface area contributed by atoms with E-state index in [0.29, 0.717) is 48.7 Å². The molecule has 5 fully saturated rings. The second-order valence-electron chi connectivity index (χ2n) is 17.6. The van der Waals surface area contributed by atoms with Gasteiger partial charge in [0.05, 0.1) is 47.6 Å². The van der Waals surface area contributed by atoms with E-state index in [-0.39, 0.29) is 70.1 Å². The molecule has 5 heterocycles. The van der Waals surface area contributed by atoms with Gasteiger partial charge in [-0.3, -0.25) is 24.3 Å². The molecule has 1 spiro atoms. The Bertz CT molecular complexity index is 2700. The molecule has 0 bridgehead atoms. The lowest BCUT2D eigenvalue weighted by molar-refractivity contribution is -0.133. The number of hydrogen-bond donors (Lipinski definition) is 3. The Hall–Kier alpha value is -5.36. The van der Waals surface area contributed by atoms with Crippen LogP contribution >= 0.6 is 0 Å². The summed E-state index contributed by atoms with van der Waals surface area (Å²) in [5.41, 5.74) is 0.847. The first-order chi connectivity index (χ1) is 30.7. The SMILES string of the molecule is COC1CCN(S(N)(=O)=O)C1c1ccc(F)c(Oc2ccc3ncn([C@H]4COC5(CCN(C6CCC(c7ccc(NC8CCC(=O)NC8=O)cc7F)CC6)CC5)C4)c(=O)c3c2)c1C#N. The van der Waals surface area contributed by atoms with Gasteiger partial charge in [-0.2, -0.15) is 18.0 Å². The standard InChI is InChI=1S/C45H50F2N8O8S/c1-61-39-14-17-55(64(49,59)60)41(39)32-9-10-35(46)42(34(32)23-48)63-30-7-11-37-33(21-30)44(58)54(25-50-37)29-22-45(62-24-29)15-18-53(19-16-45)28-5-2-26(3-6-28)31-8-4-27(20-36(31)47)51-38-12-13-40(56)52-43(38)57/h4,7-11,20-21,25-26,28-29,38-39,41,51H,2-3,5-6,12-19,22,24H2,1H3,(H2,49,59,60)(H,52,56,57)/t26?,28?,29-,38?,39?,41?/m1/s1. The number of hydrogen-bond acceptors (Lipinski definition) is 12. The number of imide groups is 1. The number of rotatable bonds is 10. The van der Waals surface area contributed by atoms with Crippen LogP contribution in [0.2, 0.25) is 0 Å². The van der Waals surface area contributed by atoms with E-state index in [1.54, 1.807) is 10.6 Å². The summed E-state index contributed by atoms with van der Waals surface area (Å²) in [5.74, 6) is -2.08. The summed E-state index contributed by atoms with van der Waals surface area (Å²) in [6.07, 6.45) is 7.67. The molecule has 1 aliphatic carbocycles. The maximum Gasteiger partial charge on any atom is 0.277 e. The highest BCUT2D eigenvalue weighted by Crippen LogP contribution is 2.44. The summed E-state index contributed by atoms with van der Waals surface area (Å²) in [6, 6.07) is 12.6. The molecule has 4 aliphatic heterocycles.